The maximum Gasteiger partial charge on any atom is 0.255 e. The molecule has 1 N–H and O–H groups in total. The third kappa shape index (κ3) is 5.18. The molecule has 1 aliphatic rings. The van der Waals surface area contributed by atoms with E-state index in [9.17, 15) is 26.4 Å². The number of anilines is 1. The van der Waals surface area contributed by atoms with E-state index in [1.54, 1.807) is 6.08 Å². The van der Waals surface area contributed by atoms with Gasteiger partial charge in [0.2, 0.25) is 0 Å². The minimum atomic E-state index is -3.87. The standard InChI is InChI=1S/C23H23ClF3NO3S/c1-3-14-5-4-13(2)8-17(9-14)32(30,31)21-10-15(6-7-18(21)24)23(29)28-16-11-19(25)22(27)20(26)12-16/h3,6-7,10-14,17H,1,4-5,8-9H2,2H3,(H,28,29)/t13?,14?,17-/m0/s1. The van der Waals surface area contributed by atoms with Crippen molar-refractivity contribution in [3.05, 3.63) is 71.0 Å². The zero-order chi connectivity index (χ0) is 23.6. The first kappa shape index (κ1) is 24.3. The number of rotatable bonds is 5. The number of amides is 1. The number of hydrogen-bond donors (Lipinski definition) is 1. The molecular formula is C23H23ClF3NO3S. The van der Waals surface area contributed by atoms with Crippen molar-refractivity contribution in [2.24, 2.45) is 11.8 Å². The largest absolute Gasteiger partial charge is 0.322 e. The molecule has 2 aromatic carbocycles. The van der Waals surface area contributed by atoms with Gasteiger partial charge in [-0.15, -0.1) is 6.58 Å². The monoisotopic (exact) mass is 485 g/mol. The van der Waals surface area contributed by atoms with E-state index in [0.717, 1.165) is 18.9 Å². The number of halogens is 4. The number of carbonyl (C=O) groups is 1. The van der Waals surface area contributed by atoms with Crippen LogP contribution in [-0.4, -0.2) is 19.6 Å². The molecule has 1 fully saturated rings. The van der Waals surface area contributed by atoms with E-state index >= 15 is 0 Å². The summed E-state index contributed by atoms with van der Waals surface area (Å²) in [6.45, 7) is 5.80. The molecule has 0 aliphatic heterocycles. The molecule has 32 heavy (non-hydrogen) atoms. The van der Waals surface area contributed by atoms with Crippen LogP contribution in [-0.2, 0) is 9.84 Å². The first-order valence-corrected chi connectivity index (χ1v) is 12.1. The molecule has 1 saturated carbocycles. The summed E-state index contributed by atoms with van der Waals surface area (Å²) < 4.78 is 66.9. The predicted octanol–water partition coefficient (Wildman–Crippen LogP) is 6.16. The highest BCUT2D eigenvalue weighted by Gasteiger charge is 2.34. The fourth-order valence-electron chi connectivity index (χ4n) is 3.96. The van der Waals surface area contributed by atoms with Gasteiger partial charge < -0.3 is 5.32 Å². The first-order valence-electron chi connectivity index (χ1n) is 10.1. The zero-order valence-corrected chi connectivity index (χ0v) is 18.9. The molecule has 0 heterocycles. The van der Waals surface area contributed by atoms with Crippen LogP contribution in [0.25, 0.3) is 0 Å². The topological polar surface area (TPSA) is 63.2 Å². The van der Waals surface area contributed by atoms with Gasteiger partial charge in [-0.2, -0.15) is 0 Å². The summed E-state index contributed by atoms with van der Waals surface area (Å²) in [7, 11) is -3.87. The molecule has 2 unspecified atom stereocenters. The normalized spacial score (nSPS) is 21.6. The second kappa shape index (κ2) is 9.67. The molecule has 1 aliphatic carbocycles. The lowest BCUT2D eigenvalue weighted by Gasteiger charge is -2.20. The Morgan fingerprint density at radius 1 is 1.12 bits per heavy atom. The fourth-order valence-corrected chi connectivity index (χ4v) is 6.47. The van der Waals surface area contributed by atoms with Crippen molar-refractivity contribution in [2.45, 2.75) is 42.8 Å². The number of sulfone groups is 1. The molecular weight excluding hydrogens is 463 g/mol. The van der Waals surface area contributed by atoms with Crippen LogP contribution in [0, 0.1) is 29.3 Å². The van der Waals surface area contributed by atoms with Gasteiger partial charge in [0.15, 0.2) is 27.3 Å². The molecule has 0 bridgehead atoms. The van der Waals surface area contributed by atoms with Crippen molar-refractivity contribution in [2.75, 3.05) is 5.32 Å². The Bertz CT molecular complexity index is 1130. The molecule has 0 spiro atoms. The molecule has 0 radical (unpaired) electrons. The molecule has 0 saturated heterocycles. The van der Waals surface area contributed by atoms with Crippen LogP contribution in [0.5, 0.6) is 0 Å². The fraction of sp³-hybridized carbons (Fsp3) is 0.348. The Hall–Kier alpha value is -2.32. The SMILES string of the molecule is C=CC1CCC(C)C[C@H](S(=O)(=O)c2cc(C(=O)Nc3cc(F)c(F)c(F)c3)ccc2Cl)C1. The highest BCUT2D eigenvalue weighted by Crippen LogP contribution is 2.36. The van der Waals surface area contributed by atoms with E-state index in [2.05, 4.69) is 11.9 Å². The summed E-state index contributed by atoms with van der Waals surface area (Å²) in [5.41, 5.74) is -0.378. The van der Waals surface area contributed by atoms with E-state index in [-0.39, 0.29) is 33.0 Å². The summed E-state index contributed by atoms with van der Waals surface area (Å²) in [5.74, 6) is -5.13. The number of benzene rings is 2. The van der Waals surface area contributed by atoms with Crippen molar-refractivity contribution in [1.82, 2.24) is 0 Å². The lowest BCUT2D eigenvalue weighted by atomic mass is 9.99. The van der Waals surface area contributed by atoms with Gasteiger partial charge in [-0.05, 0) is 49.3 Å². The van der Waals surface area contributed by atoms with Gasteiger partial charge in [0.05, 0.1) is 15.2 Å². The average Bonchev–Trinajstić information content (AvgIpc) is 2.93. The first-order chi connectivity index (χ1) is 15.0. The number of allylic oxidation sites excluding steroid dienone is 1. The molecule has 9 heteroatoms. The number of nitrogens with one attached hydrogen (secondary N) is 1. The summed E-state index contributed by atoms with van der Waals surface area (Å²) in [4.78, 5) is 12.4. The van der Waals surface area contributed by atoms with Crippen molar-refractivity contribution >= 4 is 33.0 Å². The van der Waals surface area contributed by atoms with E-state index in [0.29, 0.717) is 25.0 Å². The summed E-state index contributed by atoms with van der Waals surface area (Å²) in [5, 5.41) is 1.54. The van der Waals surface area contributed by atoms with Crippen LogP contribution in [0.15, 0.2) is 47.9 Å². The maximum absolute atomic E-state index is 13.4. The van der Waals surface area contributed by atoms with E-state index < -0.39 is 38.4 Å². The van der Waals surface area contributed by atoms with Gasteiger partial charge in [-0.1, -0.05) is 31.0 Å². The Kier molecular flexibility index (Phi) is 7.35. The Balaban J connectivity index is 1.92. The zero-order valence-electron chi connectivity index (χ0n) is 17.4. The number of carbonyl (C=O) groups excluding carboxylic acids is 1. The summed E-state index contributed by atoms with van der Waals surface area (Å²) in [6, 6.07) is 5.01. The van der Waals surface area contributed by atoms with Crippen molar-refractivity contribution < 1.29 is 26.4 Å². The van der Waals surface area contributed by atoms with Gasteiger partial charge in [-0.3, -0.25) is 4.79 Å². The Morgan fingerprint density at radius 3 is 2.41 bits per heavy atom. The molecule has 3 rings (SSSR count). The van der Waals surface area contributed by atoms with Crippen LogP contribution in [0.3, 0.4) is 0 Å². The van der Waals surface area contributed by atoms with Gasteiger partial charge in [0.25, 0.3) is 5.91 Å². The highest BCUT2D eigenvalue weighted by atomic mass is 35.5. The predicted molar refractivity (Wildman–Crippen MR) is 118 cm³/mol. The highest BCUT2D eigenvalue weighted by molar-refractivity contribution is 7.92. The summed E-state index contributed by atoms with van der Waals surface area (Å²) >= 11 is 6.20. The van der Waals surface area contributed by atoms with E-state index in [4.69, 9.17) is 11.6 Å². The second-order valence-corrected chi connectivity index (χ2v) is 10.8. The minimum absolute atomic E-state index is 0.0209. The van der Waals surface area contributed by atoms with Gasteiger partial charge in [0, 0.05) is 23.4 Å². The smallest absolute Gasteiger partial charge is 0.255 e. The van der Waals surface area contributed by atoms with Crippen molar-refractivity contribution in [3.8, 4) is 0 Å². The molecule has 3 atom stereocenters. The lowest BCUT2D eigenvalue weighted by molar-refractivity contribution is 0.102. The Morgan fingerprint density at radius 2 is 1.78 bits per heavy atom. The van der Waals surface area contributed by atoms with Crippen LogP contribution in [0.1, 0.15) is 43.0 Å². The summed E-state index contributed by atoms with van der Waals surface area (Å²) in [6.07, 6.45) is 4.40. The van der Waals surface area contributed by atoms with Crippen molar-refractivity contribution in [3.63, 3.8) is 0 Å². The molecule has 172 valence electrons. The second-order valence-electron chi connectivity index (χ2n) is 8.17. The molecule has 4 nitrogen and oxygen atoms in total. The average molecular weight is 486 g/mol. The van der Waals surface area contributed by atoms with Gasteiger partial charge >= 0.3 is 0 Å². The minimum Gasteiger partial charge on any atom is -0.322 e. The van der Waals surface area contributed by atoms with E-state index in [1.165, 1.54) is 12.1 Å². The van der Waals surface area contributed by atoms with Crippen LogP contribution < -0.4 is 5.32 Å². The van der Waals surface area contributed by atoms with Crippen molar-refractivity contribution in [1.29, 1.82) is 0 Å². The molecule has 1 amide bonds. The van der Waals surface area contributed by atoms with E-state index in [1.807, 2.05) is 6.92 Å². The van der Waals surface area contributed by atoms with Gasteiger partial charge in [-0.25, -0.2) is 21.6 Å². The van der Waals surface area contributed by atoms with Crippen LogP contribution >= 0.6 is 11.6 Å². The van der Waals surface area contributed by atoms with Crippen LogP contribution in [0.2, 0.25) is 5.02 Å². The maximum atomic E-state index is 13.4. The quantitative estimate of drug-likeness (QED) is 0.313. The lowest BCUT2D eigenvalue weighted by Crippen LogP contribution is -2.25. The molecule has 2 aromatic rings. The number of hydrogen-bond acceptors (Lipinski definition) is 3. The third-order valence-electron chi connectivity index (χ3n) is 5.77. The van der Waals surface area contributed by atoms with Gasteiger partial charge in [0.1, 0.15) is 0 Å². The Labute approximate surface area is 190 Å². The third-order valence-corrected chi connectivity index (χ3v) is 8.43. The molecule has 0 aromatic heterocycles. The van der Waals surface area contributed by atoms with Crippen LogP contribution in [0.4, 0.5) is 18.9 Å².